The number of hydrogen-bond donors (Lipinski definition) is 0. The number of rotatable bonds is 5. The molecule has 0 unspecified atom stereocenters. The molecule has 0 spiro atoms. The van der Waals surface area contributed by atoms with E-state index in [0.29, 0.717) is 11.5 Å². The minimum Gasteiger partial charge on any atom is -0.493 e. The minimum atomic E-state index is -0.435. The Kier molecular flexibility index (Phi) is 5.27. The summed E-state index contributed by atoms with van der Waals surface area (Å²) in [6.45, 7) is 3.55. The summed E-state index contributed by atoms with van der Waals surface area (Å²) in [6.07, 6.45) is 1.72. The molecule has 0 aliphatic carbocycles. The van der Waals surface area contributed by atoms with E-state index in [2.05, 4.69) is 33.9 Å². The van der Waals surface area contributed by atoms with E-state index >= 15 is 0 Å². The first-order valence-electron chi connectivity index (χ1n) is 4.82. The molecule has 4 nitrogen and oxygen atoms in total. The van der Waals surface area contributed by atoms with Gasteiger partial charge < -0.3 is 14.2 Å². The molecule has 5 heteroatoms. The fraction of sp³-hybridized carbons (Fsp3) is 0.250. The molecule has 1 rings (SSSR count). The van der Waals surface area contributed by atoms with Crippen LogP contribution in [0, 0.1) is 3.57 Å². The predicted molar refractivity (Wildman–Crippen MR) is 73.3 cm³/mol. The molecule has 1 aromatic rings. The molecule has 0 saturated heterocycles. The maximum absolute atomic E-state index is 11.0. The van der Waals surface area contributed by atoms with E-state index in [0.717, 1.165) is 9.13 Å². The van der Waals surface area contributed by atoms with Gasteiger partial charge in [0, 0.05) is 0 Å². The SMILES string of the molecule is C=Cc1cc(I)c(OCC(=O)OC)c(OC)c1. The quantitative estimate of drug-likeness (QED) is 0.606. The zero-order chi connectivity index (χ0) is 12.8. The number of esters is 1. The molecule has 0 aromatic heterocycles. The van der Waals surface area contributed by atoms with Crippen molar-refractivity contribution in [3.05, 3.63) is 27.8 Å². The monoisotopic (exact) mass is 348 g/mol. The van der Waals surface area contributed by atoms with Crippen LogP contribution in [0.4, 0.5) is 0 Å². The fourth-order valence-electron chi connectivity index (χ4n) is 1.19. The number of hydrogen-bond acceptors (Lipinski definition) is 4. The highest BCUT2D eigenvalue weighted by Crippen LogP contribution is 2.34. The number of halogens is 1. The molecule has 0 aliphatic heterocycles. The fourth-order valence-corrected chi connectivity index (χ4v) is 1.97. The van der Waals surface area contributed by atoms with E-state index in [4.69, 9.17) is 9.47 Å². The number of carbonyl (C=O) groups is 1. The third-order valence-corrected chi connectivity index (χ3v) is 2.85. The average Bonchev–Trinajstić information content (AvgIpc) is 2.35. The third kappa shape index (κ3) is 3.62. The molecule has 0 fully saturated rings. The van der Waals surface area contributed by atoms with Crippen molar-refractivity contribution in [3.63, 3.8) is 0 Å². The van der Waals surface area contributed by atoms with Gasteiger partial charge in [-0.15, -0.1) is 0 Å². The first-order chi connectivity index (χ1) is 8.12. The van der Waals surface area contributed by atoms with Crippen molar-refractivity contribution in [2.75, 3.05) is 20.8 Å². The van der Waals surface area contributed by atoms with E-state index in [1.54, 1.807) is 19.3 Å². The Labute approximate surface area is 114 Å². The Morgan fingerprint density at radius 2 is 2.18 bits per heavy atom. The average molecular weight is 348 g/mol. The van der Waals surface area contributed by atoms with Gasteiger partial charge in [0.05, 0.1) is 17.8 Å². The summed E-state index contributed by atoms with van der Waals surface area (Å²) in [5.74, 6) is 0.662. The molecular weight excluding hydrogens is 335 g/mol. The van der Waals surface area contributed by atoms with Gasteiger partial charge in [0.2, 0.25) is 0 Å². The van der Waals surface area contributed by atoms with E-state index in [9.17, 15) is 4.79 Å². The molecule has 0 bridgehead atoms. The normalized spacial score (nSPS) is 9.59. The van der Waals surface area contributed by atoms with Crippen LogP contribution >= 0.6 is 22.6 Å². The molecule has 0 N–H and O–H groups in total. The molecule has 0 heterocycles. The summed E-state index contributed by atoms with van der Waals surface area (Å²) in [5.41, 5.74) is 0.927. The summed E-state index contributed by atoms with van der Waals surface area (Å²) in [4.78, 5) is 11.0. The lowest BCUT2D eigenvalue weighted by atomic mass is 10.2. The van der Waals surface area contributed by atoms with Crippen LogP contribution in [0.2, 0.25) is 0 Å². The largest absolute Gasteiger partial charge is 0.493 e. The van der Waals surface area contributed by atoms with Crippen LogP contribution in [-0.2, 0) is 9.53 Å². The second kappa shape index (κ2) is 6.48. The van der Waals surface area contributed by atoms with E-state index in [1.807, 2.05) is 6.07 Å². The molecule has 0 radical (unpaired) electrons. The van der Waals surface area contributed by atoms with Crippen molar-refractivity contribution in [1.29, 1.82) is 0 Å². The maximum Gasteiger partial charge on any atom is 0.343 e. The highest BCUT2D eigenvalue weighted by atomic mass is 127. The molecule has 0 atom stereocenters. The van der Waals surface area contributed by atoms with Crippen LogP contribution in [0.25, 0.3) is 6.08 Å². The molecule has 17 heavy (non-hydrogen) atoms. The Morgan fingerprint density at radius 3 is 2.71 bits per heavy atom. The Balaban J connectivity index is 2.97. The van der Waals surface area contributed by atoms with Crippen LogP contribution in [-0.4, -0.2) is 26.8 Å². The van der Waals surface area contributed by atoms with Gasteiger partial charge >= 0.3 is 5.97 Å². The Bertz CT molecular complexity index is 429. The van der Waals surface area contributed by atoms with Gasteiger partial charge in [0.1, 0.15) is 0 Å². The van der Waals surface area contributed by atoms with E-state index in [1.165, 1.54) is 7.11 Å². The number of methoxy groups -OCH3 is 2. The number of benzene rings is 1. The van der Waals surface area contributed by atoms with Crippen LogP contribution < -0.4 is 9.47 Å². The molecule has 0 saturated carbocycles. The van der Waals surface area contributed by atoms with Crippen molar-refractivity contribution in [2.45, 2.75) is 0 Å². The molecule has 92 valence electrons. The van der Waals surface area contributed by atoms with Gasteiger partial charge in [-0.1, -0.05) is 12.7 Å². The minimum absolute atomic E-state index is 0.143. The lowest BCUT2D eigenvalue weighted by Crippen LogP contribution is -2.13. The van der Waals surface area contributed by atoms with Crippen molar-refractivity contribution in [3.8, 4) is 11.5 Å². The first kappa shape index (κ1) is 13.8. The highest BCUT2D eigenvalue weighted by Gasteiger charge is 2.12. The van der Waals surface area contributed by atoms with Crippen LogP contribution in [0.5, 0.6) is 11.5 Å². The summed E-state index contributed by atoms with van der Waals surface area (Å²) in [5, 5.41) is 0. The van der Waals surface area contributed by atoms with Crippen LogP contribution in [0.3, 0.4) is 0 Å². The third-order valence-electron chi connectivity index (χ3n) is 2.05. The van der Waals surface area contributed by atoms with Crippen molar-refractivity contribution in [2.24, 2.45) is 0 Å². The smallest absolute Gasteiger partial charge is 0.343 e. The standard InChI is InChI=1S/C12H13IO4/c1-4-8-5-9(13)12(10(6-8)15-2)17-7-11(14)16-3/h4-6H,1,7H2,2-3H3. The summed E-state index contributed by atoms with van der Waals surface area (Å²) in [6, 6.07) is 3.68. The molecule has 0 amide bonds. The van der Waals surface area contributed by atoms with Gasteiger partial charge in [-0.25, -0.2) is 4.79 Å². The van der Waals surface area contributed by atoms with Gasteiger partial charge in [-0.05, 0) is 40.3 Å². The van der Waals surface area contributed by atoms with Gasteiger partial charge in [-0.3, -0.25) is 0 Å². The summed E-state index contributed by atoms with van der Waals surface area (Å²) >= 11 is 2.11. The van der Waals surface area contributed by atoms with Crippen molar-refractivity contribution in [1.82, 2.24) is 0 Å². The van der Waals surface area contributed by atoms with E-state index in [-0.39, 0.29) is 6.61 Å². The van der Waals surface area contributed by atoms with Crippen LogP contribution in [0.15, 0.2) is 18.7 Å². The Hall–Kier alpha value is -1.24. The molecular formula is C12H13IO4. The lowest BCUT2D eigenvalue weighted by Gasteiger charge is -2.12. The predicted octanol–water partition coefficient (Wildman–Crippen LogP) is 2.49. The van der Waals surface area contributed by atoms with Crippen molar-refractivity contribution < 1.29 is 19.0 Å². The zero-order valence-corrected chi connectivity index (χ0v) is 11.8. The highest BCUT2D eigenvalue weighted by molar-refractivity contribution is 14.1. The number of carbonyl (C=O) groups excluding carboxylic acids is 1. The second-order valence-corrected chi connectivity index (χ2v) is 4.27. The maximum atomic E-state index is 11.0. The van der Waals surface area contributed by atoms with Gasteiger partial charge in [0.15, 0.2) is 18.1 Å². The topological polar surface area (TPSA) is 44.8 Å². The molecule has 0 aliphatic rings. The molecule has 1 aromatic carbocycles. The Morgan fingerprint density at radius 1 is 1.47 bits per heavy atom. The summed E-state index contributed by atoms with van der Waals surface area (Å²) in [7, 11) is 2.86. The zero-order valence-electron chi connectivity index (χ0n) is 9.66. The lowest BCUT2D eigenvalue weighted by molar-refractivity contribution is -0.142. The van der Waals surface area contributed by atoms with Crippen LogP contribution in [0.1, 0.15) is 5.56 Å². The van der Waals surface area contributed by atoms with Crippen molar-refractivity contribution >= 4 is 34.6 Å². The second-order valence-electron chi connectivity index (χ2n) is 3.10. The van der Waals surface area contributed by atoms with Gasteiger partial charge in [0.25, 0.3) is 0 Å². The number of ether oxygens (including phenoxy) is 3. The van der Waals surface area contributed by atoms with Gasteiger partial charge in [-0.2, -0.15) is 0 Å². The first-order valence-corrected chi connectivity index (χ1v) is 5.89. The van der Waals surface area contributed by atoms with E-state index < -0.39 is 5.97 Å². The summed E-state index contributed by atoms with van der Waals surface area (Å²) < 4.78 is 15.9.